The summed E-state index contributed by atoms with van der Waals surface area (Å²) < 4.78 is 65.6. The molecule has 22 heavy (non-hydrogen) atoms. The van der Waals surface area contributed by atoms with E-state index < -0.39 is 39.1 Å². The Balaban J connectivity index is 0. The van der Waals surface area contributed by atoms with Gasteiger partial charge >= 0.3 is 76.9 Å². The van der Waals surface area contributed by atoms with Gasteiger partial charge in [0.1, 0.15) is 0 Å². The van der Waals surface area contributed by atoms with Crippen LogP contribution >= 0.6 is 39.1 Å². The van der Waals surface area contributed by atoms with Crippen molar-refractivity contribution in [2.75, 3.05) is 0 Å². The molecule has 2 unspecified atom stereocenters. The summed E-state index contributed by atoms with van der Waals surface area (Å²) in [5, 5.41) is 0. The van der Waals surface area contributed by atoms with E-state index in [0.717, 1.165) is 0 Å². The Morgan fingerprint density at radius 1 is 0.455 bits per heavy atom. The van der Waals surface area contributed by atoms with Gasteiger partial charge in [0, 0.05) is 0 Å². The van der Waals surface area contributed by atoms with Gasteiger partial charge < -0.3 is 34.3 Å². The van der Waals surface area contributed by atoms with Crippen LogP contribution in [0.5, 0.6) is 0 Å². The zero-order valence-corrected chi connectivity index (χ0v) is 13.5. The van der Waals surface area contributed by atoms with E-state index in [1.165, 1.54) is 0 Å². The summed E-state index contributed by atoms with van der Waals surface area (Å²) in [7, 11) is -29.3. The van der Waals surface area contributed by atoms with E-state index >= 15 is 0 Å². The molecule has 0 aliphatic carbocycles. The van der Waals surface area contributed by atoms with Gasteiger partial charge in [0.25, 0.3) is 0 Å². The fourth-order valence-electron chi connectivity index (χ4n) is 0.574. The molecule has 0 fully saturated rings. The van der Waals surface area contributed by atoms with E-state index in [9.17, 15) is 22.8 Å². The van der Waals surface area contributed by atoms with E-state index in [-0.39, 0.29) is 37.7 Å². The van der Waals surface area contributed by atoms with Crippen LogP contribution in [-0.4, -0.2) is 72.0 Å². The molecule has 0 saturated heterocycles. The molecule has 0 aliphatic rings. The van der Waals surface area contributed by atoms with Crippen LogP contribution < -0.4 is 0 Å². The van der Waals surface area contributed by atoms with Crippen LogP contribution in [0.3, 0.4) is 0 Å². The van der Waals surface area contributed by atoms with Crippen molar-refractivity contribution in [2.24, 2.45) is 0 Å². The standard InChI is InChI=1S/Ca.H7O16P5.2H/c;1-17(2,3)13-19(7,8)15-21(11,12)16-20(9,10)14-18(4,5)6;;/h;(H,7,8)(H,9,10)(H,11,12)(H2,1,2,3)(H2,4,5,6);;. The van der Waals surface area contributed by atoms with Crippen LogP contribution in [0, 0.1) is 0 Å². The van der Waals surface area contributed by atoms with Crippen LogP contribution in [-0.2, 0) is 40.1 Å². The van der Waals surface area contributed by atoms with Crippen molar-refractivity contribution in [1.82, 2.24) is 0 Å². The first-order chi connectivity index (χ1) is 8.83. The summed E-state index contributed by atoms with van der Waals surface area (Å²) in [6, 6.07) is 0. The van der Waals surface area contributed by atoms with Gasteiger partial charge in [-0.2, -0.15) is 17.2 Å². The molecule has 0 radical (unpaired) electrons. The van der Waals surface area contributed by atoms with E-state index in [1.807, 2.05) is 0 Å². The zero-order chi connectivity index (χ0) is 17.3. The third kappa shape index (κ3) is 14.3. The van der Waals surface area contributed by atoms with E-state index in [2.05, 4.69) is 17.2 Å². The summed E-state index contributed by atoms with van der Waals surface area (Å²) in [4.78, 5) is 58.7. The molecule has 0 amide bonds. The summed E-state index contributed by atoms with van der Waals surface area (Å²) in [5.74, 6) is 0. The molecular formula is H9CaO16P5. The first-order valence-electron chi connectivity index (χ1n) is 3.77. The van der Waals surface area contributed by atoms with Crippen molar-refractivity contribution < 1.29 is 74.3 Å². The molecule has 7 N–H and O–H groups in total. The SMILES string of the molecule is O=P(O)(O)OP(=O)(O)OP(=O)(O)OP(=O)(O)OP(=O)(O)O.[CaH2]. The minimum atomic E-state index is -6.07. The second-order valence-corrected chi connectivity index (χ2v) is 10.1. The molecule has 0 aromatic heterocycles. The van der Waals surface area contributed by atoms with Crippen molar-refractivity contribution >= 4 is 76.9 Å². The summed E-state index contributed by atoms with van der Waals surface area (Å²) in [5.41, 5.74) is 0. The third-order valence-electron chi connectivity index (χ3n) is 0.832. The van der Waals surface area contributed by atoms with Crippen LogP contribution in [0.25, 0.3) is 0 Å². The Kier molecular flexibility index (Phi) is 10.2. The molecule has 0 aromatic rings. The van der Waals surface area contributed by atoms with Crippen molar-refractivity contribution in [3.8, 4) is 0 Å². The molecule has 0 bridgehead atoms. The van der Waals surface area contributed by atoms with Crippen molar-refractivity contribution in [3.05, 3.63) is 0 Å². The fourth-order valence-corrected chi connectivity index (χ4v) is 5.97. The first-order valence-corrected chi connectivity index (χ1v) is 11.3. The summed E-state index contributed by atoms with van der Waals surface area (Å²) in [6.45, 7) is 0. The Morgan fingerprint density at radius 3 is 0.818 bits per heavy atom. The molecule has 0 spiro atoms. The maximum atomic E-state index is 11.0. The van der Waals surface area contributed by atoms with E-state index in [4.69, 9.17) is 34.3 Å². The molecule has 2 atom stereocenters. The normalized spacial score (nSPS) is 21.0. The molecule has 132 valence electrons. The second kappa shape index (κ2) is 8.57. The van der Waals surface area contributed by atoms with E-state index in [1.54, 1.807) is 0 Å². The average molecular weight is 460 g/mol. The molecule has 16 nitrogen and oxygen atoms in total. The van der Waals surface area contributed by atoms with Crippen molar-refractivity contribution in [3.63, 3.8) is 0 Å². The Bertz CT molecular complexity index is 552. The van der Waals surface area contributed by atoms with Gasteiger partial charge in [-0.25, -0.2) is 22.8 Å². The Hall–Kier alpha value is 1.97. The predicted molar refractivity (Wildman–Crippen MR) is 66.4 cm³/mol. The average Bonchev–Trinajstić information content (AvgIpc) is 1.83. The molecule has 0 aliphatic heterocycles. The van der Waals surface area contributed by atoms with Gasteiger partial charge in [-0.1, -0.05) is 0 Å². The Labute approximate surface area is 150 Å². The van der Waals surface area contributed by atoms with Gasteiger partial charge in [-0.05, 0) is 0 Å². The molecule has 0 aromatic carbocycles. The zero-order valence-electron chi connectivity index (χ0n) is 9.04. The third-order valence-corrected chi connectivity index (χ3v) is 7.49. The van der Waals surface area contributed by atoms with Gasteiger partial charge in [-0.3, -0.25) is 0 Å². The molecule has 0 rings (SSSR count). The first kappa shape index (κ1) is 26.2. The molecular weight excluding hydrogens is 451 g/mol. The molecule has 0 saturated carbocycles. The topological polar surface area (TPSA) is 264 Å². The molecule has 22 heteroatoms. The van der Waals surface area contributed by atoms with E-state index in [0.29, 0.717) is 0 Å². The van der Waals surface area contributed by atoms with Crippen LogP contribution in [0.1, 0.15) is 0 Å². The number of rotatable bonds is 8. The monoisotopic (exact) mass is 460 g/mol. The van der Waals surface area contributed by atoms with Gasteiger partial charge in [-0.15, -0.1) is 0 Å². The molecule has 0 heterocycles. The number of hydrogen-bond acceptors (Lipinski definition) is 9. The predicted octanol–water partition coefficient (Wildman–Crippen LogP) is -1.38. The van der Waals surface area contributed by atoms with Gasteiger partial charge in [0.05, 0.1) is 0 Å². The maximum absolute atomic E-state index is 11.0. The minimum absolute atomic E-state index is 0. The van der Waals surface area contributed by atoms with Crippen LogP contribution in [0.4, 0.5) is 0 Å². The van der Waals surface area contributed by atoms with Crippen LogP contribution in [0.15, 0.2) is 0 Å². The van der Waals surface area contributed by atoms with Gasteiger partial charge in [0.2, 0.25) is 0 Å². The number of hydrogen-bond donors (Lipinski definition) is 7. The quantitative estimate of drug-likeness (QED) is 0.163. The fraction of sp³-hybridized carbons (Fsp3) is 0. The number of phosphoric acid groups is 5. The Morgan fingerprint density at radius 2 is 0.636 bits per heavy atom. The van der Waals surface area contributed by atoms with Gasteiger partial charge in [0.15, 0.2) is 0 Å². The van der Waals surface area contributed by atoms with Crippen molar-refractivity contribution in [1.29, 1.82) is 0 Å². The van der Waals surface area contributed by atoms with Crippen LogP contribution in [0.2, 0.25) is 0 Å². The summed E-state index contributed by atoms with van der Waals surface area (Å²) in [6.07, 6.45) is 0. The second-order valence-electron chi connectivity index (χ2n) is 2.71. The van der Waals surface area contributed by atoms with Crippen molar-refractivity contribution in [2.45, 2.75) is 0 Å². The summed E-state index contributed by atoms with van der Waals surface area (Å²) >= 11 is 0.